The highest BCUT2D eigenvalue weighted by molar-refractivity contribution is 9.10. The second-order valence-electron chi connectivity index (χ2n) is 1.64. The number of nitrogens with zero attached hydrogens (tertiary/aromatic N) is 1. The van der Waals surface area contributed by atoms with Gasteiger partial charge in [-0.15, -0.1) is 0 Å². The van der Waals surface area contributed by atoms with Crippen molar-refractivity contribution in [1.29, 1.82) is 0 Å². The number of anilines is 1. The number of halogens is 2. The molecule has 68 valence electrons. The molecule has 12 heavy (non-hydrogen) atoms. The van der Waals surface area contributed by atoms with Crippen LogP contribution >= 0.6 is 27.5 Å². The lowest BCUT2D eigenvalue weighted by Crippen LogP contribution is -2.07. The number of nitrogens with one attached hydrogen (secondary N) is 1. The number of hydrogen-bond acceptors (Lipinski definition) is 5. The van der Waals surface area contributed by atoms with Crippen molar-refractivity contribution in [3.05, 3.63) is 21.9 Å². The van der Waals surface area contributed by atoms with Gasteiger partial charge in [0, 0.05) is 10.7 Å². The van der Waals surface area contributed by atoms with Gasteiger partial charge < -0.3 is 5.43 Å². The Bertz CT molecular complexity index is 243. The molecule has 1 rings (SSSR count). The van der Waals surface area contributed by atoms with Crippen molar-refractivity contribution in [3.8, 4) is 0 Å². The van der Waals surface area contributed by atoms with Crippen molar-refractivity contribution in [2.45, 2.75) is 0 Å². The van der Waals surface area contributed by atoms with E-state index < -0.39 is 0 Å². The number of nitrogens with two attached hydrogens (primary N) is 3. The second kappa shape index (κ2) is 6.15. The Morgan fingerprint density at radius 2 is 2.08 bits per heavy atom. The first-order valence-corrected chi connectivity index (χ1v) is 4.02. The Kier molecular flexibility index (Phi) is 5.95. The quantitative estimate of drug-likeness (QED) is 0.334. The molecule has 0 bridgehead atoms. The molecule has 0 radical (unpaired) electrons. The Morgan fingerprint density at radius 1 is 1.50 bits per heavy atom. The van der Waals surface area contributed by atoms with E-state index in [1.807, 2.05) is 0 Å². The monoisotopic (exact) mass is 253 g/mol. The van der Waals surface area contributed by atoms with Crippen LogP contribution in [0.5, 0.6) is 0 Å². The summed E-state index contributed by atoms with van der Waals surface area (Å²) in [6.07, 6.45) is 1.60. The van der Waals surface area contributed by atoms with Crippen molar-refractivity contribution >= 4 is 33.2 Å². The van der Waals surface area contributed by atoms with Crippen LogP contribution in [0.25, 0.3) is 0 Å². The number of pyridine rings is 1. The topological polar surface area (TPSA) is 103 Å². The van der Waals surface area contributed by atoms with Gasteiger partial charge in [0.25, 0.3) is 0 Å². The number of hydrazine groups is 2. The molecule has 0 unspecified atom stereocenters. The third kappa shape index (κ3) is 3.33. The maximum absolute atomic E-state index is 5.62. The molecule has 0 amide bonds. The molecule has 7 N–H and O–H groups in total. The number of hydrogen-bond donors (Lipinski definition) is 4. The molecule has 0 saturated heterocycles. The molecule has 0 aromatic carbocycles. The third-order valence-corrected chi connectivity index (χ3v) is 1.70. The molecule has 7 heteroatoms. The molecule has 0 aliphatic heterocycles. The molecule has 0 aliphatic carbocycles. The molecule has 0 aliphatic rings. The van der Waals surface area contributed by atoms with E-state index >= 15 is 0 Å². The average molecular weight is 255 g/mol. The van der Waals surface area contributed by atoms with Crippen molar-refractivity contribution in [2.75, 3.05) is 5.43 Å². The third-order valence-electron chi connectivity index (χ3n) is 0.961. The van der Waals surface area contributed by atoms with Gasteiger partial charge in [0.05, 0.1) is 5.69 Å². The van der Waals surface area contributed by atoms with Gasteiger partial charge in [-0.1, -0.05) is 11.6 Å². The molecular weight excluding hydrogens is 245 g/mol. The molecule has 1 heterocycles. The fourth-order valence-corrected chi connectivity index (χ4v) is 1.01. The van der Waals surface area contributed by atoms with E-state index in [0.29, 0.717) is 10.8 Å². The van der Waals surface area contributed by atoms with Gasteiger partial charge in [-0.25, -0.2) is 4.98 Å². The van der Waals surface area contributed by atoms with Crippen LogP contribution in [0.2, 0.25) is 5.15 Å². The molecular formula is C5H9BrClN5. The van der Waals surface area contributed by atoms with Crippen LogP contribution in [0, 0.1) is 0 Å². The van der Waals surface area contributed by atoms with E-state index in [1.165, 1.54) is 0 Å². The Morgan fingerprint density at radius 3 is 2.50 bits per heavy atom. The number of aromatic nitrogens is 1. The predicted octanol–water partition coefficient (Wildman–Crippen LogP) is 0.602. The van der Waals surface area contributed by atoms with Crippen LogP contribution in [-0.2, 0) is 0 Å². The maximum Gasteiger partial charge on any atom is 0.153 e. The van der Waals surface area contributed by atoms with Gasteiger partial charge in [0.2, 0.25) is 0 Å². The first kappa shape index (κ1) is 11.6. The molecule has 1 aromatic heterocycles. The van der Waals surface area contributed by atoms with Crippen LogP contribution < -0.4 is 23.0 Å². The Balaban J connectivity index is 0.000000561. The fourth-order valence-electron chi connectivity index (χ4n) is 0.524. The van der Waals surface area contributed by atoms with Gasteiger partial charge in [0.15, 0.2) is 5.15 Å². The predicted molar refractivity (Wildman–Crippen MR) is 53.1 cm³/mol. The van der Waals surface area contributed by atoms with Gasteiger partial charge >= 0.3 is 0 Å². The summed E-state index contributed by atoms with van der Waals surface area (Å²) in [5, 5.41) is 0.366. The minimum Gasteiger partial charge on any atom is -0.321 e. The molecule has 0 fully saturated rings. The molecule has 0 atom stereocenters. The summed E-state index contributed by atoms with van der Waals surface area (Å²) in [4.78, 5) is 3.83. The van der Waals surface area contributed by atoms with E-state index in [-0.39, 0.29) is 0 Å². The van der Waals surface area contributed by atoms with Gasteiger partial charge in [-0.3, -0.25) is 17.5 Å². The zero-order valence-corrected chi connectivity index (χ0v) is 8.43. The molecule has 1 aromatic rings. The lowest BCUT2D eigenvalue weighted by Gasteiger charge is -2.00. The van der Waals surface area contributed by atoms with Crippen LogP contribution in [0.15, 0.2) is 16.7 Å². The van der Waals surface area contributed by atoms with E-state index in [4.69, 9.17) is 17.4 Å². The summed E-state index contributed by atoms with van der Waals surface area (Å²) in [6.45, 7) is 0. The summed E-state index contributed by atoms with van der Waals surface area (Å²) in [5.74, 6) is 13.1. The van der Waals surface area contributed by atoms with Crippen molar-refractivity contribution < 1.29 is 0 Å². The molecule has 0 spiro atoms. The largest absolute Gasteiger partial charge is 0.321 e. The Hall–Kier alpha value is -0.400. The van der Waals surface area contributed by atoms with Crippen LogP contribution in [0.4, 0.5) is 5.69 Å². The van der Waals surface area contributed by atoms with Gasteiger partial charge in [0.1, 0.15) is 0 Å². The highest BCUT2D eigenvalue weighted by Crippen LogP contribution is 2.21. The lowest BCUT2D eigenvalue weighted by atomic mass is 10.4. The highest BCUT2D eigenvalue weighted by Gasteiger charge is 1.98. The summed E-state index contributed by atoms with van der Waals surface area (Å²) in [7, 11) is 0. The van der Waals surface area contributed by atoms with Crippen molar-refractivity contribution in [3.63, 3.8) is 0 Å². The fraction of sp³-hybridized carbons (Fsp3) is 0. The SMILES string of the molecule is NN.NNc1cc(Br)cnc1Cl. The van der Waals surface area contributed by atoms with Gasteiger partial charge in [-0.05, 0) is 22.0 Å². The zero-order chi connectivity index (χ0) is 9.56. The minimum absolute atomic E-state index is 0.366. The Labute approximate surface area is 83.3 Å². The van der Waals surface area contributed by atoms with Crippen molar-refractivity contribution in [1.82, 2.24) is 4.98 Å². The average Bonchev–Trinajstić information content (AvgIpc) is 2.13. The lowest BCUT2D eigenvalue weighted by molar-refractivity contribution is 1.26. The summed E-state index contributed by atoms with van der Waals surface area (Å²) in [5.41, 5.74) is 3.02. The smallest absolute Gasteiger partial charge is 0.153 e. The second-order valence-corrected chi connectivity index (χ2v) is 2.91. The van der Waals surface area contributed by atoms with E-state index in [1.54, 1.807) is 12.3 Å². The van der Waals surface area contributed by atoms with E-state index in [9.17, 15) is 0 Å². The normalized spacial score (nSPS) is 8.42. The highest BCUT2D eigenvalue weighted by atomic mass is 79.9. The summed E-state index contributed by atoms with van der Waals surface area (Å²) < 4.78 is 0.838. The van der Waals surface area contributed by atoms with Gasteiger partial charge in [-0.2, -0.15) is 0 Å². The summed E-state index contributed by atoms with van der Waals surface area (Å²) >= 11 is 8.84. The summed E-state index contributed by atoms with van der Waals surface area (Å²) in [6, 6.07) is 1.75. The van der Waals surface area contributed by atoms with Crippen LogP contribution in [0.1, 0.15) is 0 Å². The van der Waals surface area contributed by atoms with Crippen LogP contribution in [0.3, 0.4) is 0 Å². The minimum atomic E-state index is 0.366. The van der Waals surface area contributed by atoms with Crippen LogP contribution in [-0.4, -0.2) is 4.98 Å². The van der Waals surface area contributed by atoms with E-state index in [0.717, 1.165) is 4.47 Å². The zero-order valence-electron chi connectivity index (χ0n) is 6.09. The van der Waals surface area contributed by atoms with E-state index in [2.05, 4.69) is 38.0 Å². The number of nitrogen functional groups attached to an aromatic ring is 1. The maximum atomic E-state index is 5.62. The number of rotatable bonds is 1. The first-order valence-electron chi connectivity index (χ1n) is 2.85. The molecule has 5 nitrogen and oxygen atoms in total. The standard InChI is InChI=1S/C5H5BrClN3.H4N2/c6-3-1-4(10-8)5(7)9-2-3;1-2/h1-2,10H,8H2;1-2H2. The molecule has 0 saturated carbocycles. The van der Waals surface area contributed by atoms with Crippen molar-refractivity contribution in [2.24, 2.45) is 17.5 Å². The first-order chi connectivity index (χ1) is 5.74.